The fourth-order valence-electron chi connectivity index (χ4n) is 0. The molecule has 0 spiro atoms. The van der Waals surface area contributed by atoms with E-state index in [1.807, 2.05) is 0 Å². The van der Waals surface area contributed by atoms with Crippen LogP contribution in [0.5, 0.6) is 0 Å². The van der Waals surface area contributed by atoms with Crippen molar-refractivity contribution >= 4 is 46.7 Å². The van der Waals surface area contributed by atoms with Crippen LogP contribution in [-0.2, 0) is 11.8 Å². The van der Waals surface area contributed by atoms with Gasteiger partial charge in [0.1, 0.15) is 0 Å². The van der Waals surface area contributed by atoms with Crippen LogP contribution in [0, 0.1) is 0 Å². The number of rotatable bonds is 0. The molecule has 0 aromatic rings. The Bertz CT molecular complexity index is 12.9. The highest BCUT2D eigenvalue weighted by atomic mass is 32.4. The second-order valence-electron chi connectivity index (χ2n) is 0. The van der Waals surface area contributed by atoms with E-state index in [9.17, 15) is 0 Å². The quantitative estimate of drug-likeness (QED) is 0.495. The predicted octanol–water partition coefficient (Wildman–Crippen LogP) is 2.09. The maximum atomic E-state index is 5.44. The Hall–Kier alpha value is 1.22. The third kappa shape index (κ3) is 62.5. The lowest BCUT2D eigenvalue weighted by atomic mass is 12.0. The third-order valence-electron chi connectivity index (χ3n) is 0. The lowest BCUT2D eigenvalue weighted by molar-refractivity contribution is 2.50. The Morgan fingerprint density at radius 3 is 1.17 bits per heavy atom. The van der Waals surface area contributed by atoms with Gasteiger partial charge in [0, 0.05) is 0 Å². The van der Waals surface area contributed by atoms with Crippen LogP contribution in [0.25, 0.3) is 0 Å². The van der Waals surface area contributed by atoms with Crippen LogP contribution in [-0.4, -0.2) is 1.12 Å². The minimum absolute atomic E-state index is 0. The molecule has 6 heavy (non-hydrogen) atoms. The van der Waals surface area contributed by atoms with Crippen molar-refractivity contribution in [2.75, 3.05) is 0 Å². The normalized spacial score (nSPS) is 1.83. The molecule has 0 bridgehead atoms. The first-order chi connectivity index (χ1) is 2.00. The van der Waals surface area contributed by atoms with Crippen LogP contribution in [0.1, 0.15) is 14.9 Å². The number of hydrogen-bond donors (Lipinski definition) is 0. The highest BCUT2D eigenvalue weighted by Gasteiger charge is 0.655. The van der Waals surface area contributed by atoms with Gasteiger partial charge in [-0.1, -0.05) is 26.7 Å². The molecule has 44 valence electrons. The summed E-state index contributed by atoms with van der Waals surface area (Å²) < 4.78 is 5.44. The molecule has 0 N–H and O–H groups in total. The van der Waals surface area contributed by atoms with Gasteiger partial charge in [0.05, 0.1) is 1.12 Å². The zero-order valence-electron chi connectivity index (χ0n) is 2.86. The van der Waals surface area contributed by atoms with Crippen molar-refractivity contribution in [1.82, 2.24) is 0 Å². The van der Waals surface area contributed by atoms with Crippen molar-refractivity contribution in [3.63, 3.8) is 0 Å². The lowest BCUT2D eigenvalue weighted by Crippen LogP contribution is -0.399. The molecule has 0 radical (unpaired) electrons. The molecule has 0 unspecified atom stereocenters. The van der Waals surface area contributed by atoms with E-state index in [2.05, 4.69) is 33.2 Å². The van der Waals surface area contributed by atoms with Crippen LogP contribution in [0.3, 0.4) is 0 Å². The molecular weight excluding hydrogens is 151 g/mol. The van der Waals surface area contributed by atoms with E-state index in [0.29, 0.717) is 0 Å². The third-order valence-corrected chi connectivity index (χ3v) is 0. The number of hydrogen-bond acceptors (Lipinski definition) is 1. The SMILES string of the molecule is C.C.P=S.S.[2H]S. The standard InChI is InChI=1S/2CH4.HPS.2H2S/c;;1-2;;/h2*1H4;1H;2*1H2/i/hD. The van der Waals surface area contributed by atoms with E-state index in [1.165, 1.54) is 0 Å². The molecule has 0 fully saturated rings. The summed E-state index contributed by atoms with van der Waals surface area (Å²) in [6.45, 7) is 0. The Kier molecular flexibility index (Phi) is 511. The average molecular weight is 165 g/mol. The summed E-state index contributed by atoms with van der Waals surface area (Å²) in [6.07, 6.45) is 0. The fourth-order valence-corrected chi connectivity index (χ4v) is 0. The first-order valence-electron chi connectivity index (χ1n) is 0.651. The molecule has 0 aromatic carbocycles. The van der Waals surface area contributed by atoms with E-state index in [-0.39, 0.29) is 28.3 Å². The van der Waals surface area contributed by atoms with Crippen LogP contribution >= 0.6 is 34.9 Å². The van der Waals surface area contributed by atoms with Gasteiger partial charge in [-0.25, -0.2) is 0 Å². The summed E-state index contributed by atoms with van der Waals surface area (Å²) in [6, 6.07) is 0. The van der Waals surface area contributed by atoms with Crippen molar-refractivity contribution in [3.8, 4) is 0 Å². The molecule has 0 heterocycles. The second-order valence-corrected chi connectivity index (χ2v) is 0. The van der Waals surface area contributed by atoms with E-state index in [0.717, 1.165) is 0 Å². The highest BCUT2D eigenvalue weighted by Crippen LogP contribution is 1.26. The molecule has 0 atom stereocenters. The summed E-state index contributed by atoms with van der Waals surface area (Å²) in [5, 5.41) is 0. The van der Waals surface area contributed by atoms with E-state index in [4.69, 9.17) is 1.12 Å². The van der Waals surface area contributed by atoms with Gasteiger partial charge in [-0.2, -0.15) is 26.9 Å². The van der Waals surface area contributed by atoms with Crippen molar-refractivity contribution in [1.29, 1.82) is 1.12 Å². The van der Waals surface area contributed by atoms with Crippen LogP contribution in [0.4, 0.5) is 0 Å². The monoisotopic (exact) mass is 165 g/mol. The molecule has 0 rings (SSSR count). The summed E-state index contributed by atoms with van der Waals surface area (Å²) in [5.74, 6) is 0. The molecular formula is C2H13PS3. The van der Waals surface area contributed by atoms with Gasteiger partial charge in [0.2, 0.25) is 0 Å². The van der Waals surface area contributed by atoms with Gasteiger partial charge >= 0.3 is 0 Å². The molecule has 0 aliphatic carbocycles. The molecule has 4 heteroatoms. The highest BCUT2D eigenvalue weighted by molar-refractivity contribution is 7.88. The maximum Gasteiger partial charge on any atom is 0.0985 e. The molecule has 0 nitrogen and oxygen atoms in total. The van der Waals surface area contributed by atoms with E-state index in [1.54, 1.807) is 0 Å². The maximum absolute atomic E-state index is 5.44. The van der Waals surface area contributed by atoms with Crippen LogP contribution in [0.2, 0.25) is 0 Å². The summed E-state index contributed by atoms with van der Waals surface area (Å²) in [7, 11) is 2.56. The summed E-state index contributed by atoms with van der Waals surface area (Å²) in [4.78, 5) is 0. The molecule has 0 aliphatic heterocycles. The van der Waals surface area contributed by atoms with Gasteiger partial charge in [-0.3, -0.25) is 0 Å². The molecule has 0 amide bonds. The Balaban J connectivity index is -0.00000000267. The zero-order valence-corrected chi connectivity index (χ0v) is 5.57. The second kappa shape index (κ2) is 114. The fraction of sp³-hybridized carbons (Fsp3) is 1.00. The zero-order chi connectivity index (χ0) is 4.00. The van der Waals surface area contributed by atoms with Gasteiger partial charge in [0.25, 0.3) is 0 Å². The topological polar surface area (TPSA) is 0 Å². The van der Waals surface area contributed by atoms with Gasteiger partial charge < -0.3 is 0 Å². The van der Waals surface area contributed by atoms with Gasteiger partial charge in [0.15, 0.2) is 0 Å². The molecule has 0 aromatic heterocycles. The summed E-state index contributed by atoms with van der Waals surface area (Å²) >= 11 is 6.67. The molecule has 0 saturated carbocycles. The Morgan fingerprint density at radius 1 is 1.17 bits per heavy atom. The van der Waals surface area contributed by atoms with Crippen molar-refractivity contribution < 1.29 is 0 Å². The van der Waals surface area contributed by atoms with Gasteiger partial charge in [-0.15, -0.1) is 0 Å². The summed E-state index contributed by atoms with van der Waals surface area (Å²) in [5.41, 5.74) is 0. The van der Waals surface area contributed by atoms with Gasteiger partial charge in [-0.05, 0) is 8.02 Å². The van der Waals surface area contributed by atoms with Crippen LogP contribution < -0.4 is 0 Å². The van der Waals surface area contributed by atoms with E-state index < -0.39 is 0 Å². The lowest BCUT2D eigenvalue weighted by Gasteiger charge is -0.760. The average Bonchev–Trinajstić information content (AvgIpc) is 1.50. The smallest absolute Gasteiger partial charge is 0.0985 e. The van der Waals surface area contributed by atoms with Crippen molar-refractivity contribution in [3.05, 3.63) is 0 Å². The predicted molar refractivity (Wildman–Crippen MR) is 49.9 cm³/mol. The Labute approximate surface area is 63.0 Å². The minimum atomic E-state index is 0. The first-order valence-corrected chi connectivity index (χ1v) is 1.84. The van der Waals surface area contributed by atoms with Crippen molar-refractivity contribution in [2.45, 2.75) is 14.9 Å². The first kappa shape index (κ1) is 26.9. The largest absolute Gasteiger partial charge is 0.197 e. The molecule has 0 saturated heterocycles. The minimum Gasteiger partial charge on any atom is -0.197 e. The molecule has 0 aliphatic rings. The Morgan fingerprint density at radius 2 is 1.17 bits per heavy atom. The van der Waals surface area contributed by atoms with Crippen LogP contribution in [0.15, 0.2) is 0 Å². The van der Waals surface area contributed by atoms with E-state index >= 15 is 0 Å². The van der Waals surface area contributed by atoms with Crippen molar-refractivity contribution in [2.24, 2.45) is 0 Å².